The number of allylic oxidation sites excluding steroid dienone is 2. The molecule has 3 heteroatoms. The summed E-state index contributed by atoms with van der Waals surface area (Å²) in [4.78, 5) is 27.5. The molecule has 3 nitrogen and oxygen atoms in total. The van der Waals surface area contributed by atoms with Gasteiger partial charge in [-0.05, 0) is 42.9 Å². The molecule has 0 aromatic heterocycles. The Hall–Kier alpha value is -1.12. The molecule has 0 unspecified atom stereocenters. The summed E-state index contributed by atoms with van der Waals surface area (Å²) in [5.74, 6) is 1.11. The molecule has 4 fully saturated rings. The molecule has 0 aromatic carbocycles. The van der Waals surface area contributed by atoms with E-state index in [0.29, 0.717) is 17.3 Å². The van der Waals surface area contributed by atoms with Crippen LogP contribution in [-0.2, 0) is 9.59 Å². The zero-order chi connectivity index (χ0) is 13.5. The third kappa shape index (κ3) is 1.15. The second-order valence-electron chi connectivity index (χ2n) is 7.56. The lowest BCUT2D eigenvalue weighted by atomic mass is 9.85. The van der Waals surface area contributed by atoms with Crippen molar-refractivity contribution in [1.82, 2.24) is 4.90 Å². The molecule has 1 spiro atoms. The summed E-state index contributed by atoms with van der Waals surface area (Å²) in [6.45, 7) is 0. The molecule has 3 saturated carbocycles. The van der Waals surface area contributed by atoms with E-state index >= 15 is 0 Å². The highest BCUT2D eigenvalue weighted by molar-refractivity contribution is 6.07. The zero-order valence-electron chi connectivity index (χ0n) is 11.8. The summed E-state index contributed by atoms with van der Waals surface area (Å²) < 4.78 is 0. The van der Waals surface area contributed by atoms with Gasteiger partial charge in [0, 0.05) is 6.04 Å². The molecule has 1 heterocycles. The second-order valence-corrected chi connectivity index (χ2v) is 7.56. The van der Waals surface area contributed by atoms with Crippen LogP contribution in [0.25, 0.3) is 0 Å². The van der Waals surface area contributed by atoms with Crippen LogP contribution >= 0.6 is 0 Å². The zero-order valence-corrected chi connectivity index (χ0v) is 11.8. The number of rotatable bonds is 1. The van der Waals surface area contributed by atoms with E-state index in [0.717, 1.165) is 12.8 Å². The average molecular weight is 271 g/mol. The summed E-state index contributed by atoms with van der Waals surface area (Å²) in [7, 11) is 0. The fourth-order valence-corrected chi connectivity index (χ4v) is 5.80. The number of likely N-dealkylation sites (tertiary alicyclic amines) is 1. The van der Waals surface area contributed by atoms with Crippen molar-refractivity contribution in [2.45, 2.75) is 51.0 Å². The first-order chi connectivity index (χ1) is 9.74. The minimum atomic E-state index is 0.00178. The number of imide groups is 1. The smallest absolute Gasteiger partial charge is 0.233 e. The van der Waals surface area contributed by atoms with Gasteiger partial charge in [-0.15, -0.1) is 0 Å². The summed E-state index contributed by atoms with van der Waals surface area (Å²) in [6.07, 6.45) is 12.6. The lowest BCUT2D eigenvalue weighted by Gasteiger charge is -2.31. The van der Waals surface area contributed by atoms with E-state index in [4.69, 9.17) is 0 Å². The maximum Gasteiger partial charge on any atom is 0.233 e. The van der Waals surface area contributed by atoms with Gasteiger partial charge in [0.15, 0.2) is 0 Å². The summed E-state index contributed by atoms with van der Waals surface area (Å²) in [5.41, 5.74) is 0.333. The topological polar surface area (TPSA) is 37.4 Å². The van der Waals surface area contributed by atoms with Crippen molar-refractivity contribution in [3.05, 3.63) is 12.2 Å². The van der Waals surface area contributed by atoms with Crippen LogP contribution in [0, 0.1) is 29.1 Å². The molecule has 20 heavy (non-hydrogen) atoms. The first-order valence-electron chi connectivity index (χ1n) is 8.29. The minimum Gasteiger partial charge on any atom is -0.279 e. The minimum absolute atomic E-state index is 0.00178. The van der Waals surface area contributed by atoms with Crippen molar-refractivity contribution in [3.8, 4) is 0 Å². The van der Waals surface area contributed by atoms with Gasteiger partial charge < -0.3 is 0 Å². The third-order valence-corrected chi connectivity index (χ3v) is 6.83. The van der Waals surface area contributed by atoms with E-state index < -0.39 is 0 Å². The average Bonchev–Trinajstić information content (AvgIpc) is 3.06. The van der Waals surface area contributed by atoms with Crippen LogP contribution in [0.5, 0.6) is 0 Å². The predicted molar refractivity (Wildman–Crippen MR) is 73.5 cm³/mol. The molecule has 5 aliphatic rings. The number of nitrogens with zero attached hydrogens (tertiary/aromatic N) is 1. The molecule has 0 aromatic rings. The van der Waals surface area contributed by atoms with Gasteiger partial charge >= 0.3 is 0 Å². The van der Waals surface area contributed by atoms with Crippen LogP contribution < -0.4 is 0 Å². The molecular formula is C17H21NO2. The van der Waals surface area contributed by atoms with Crippen LogP contribution in [0.3, 0.4) is 0 Å². The third-order valence-electron chi connectivity index (χ3n) is 6.83. The largest absolute Gasteiger partial charge is 0.279 e. The highest BCUT2D eigenvalue weighted by atomic mass is 16.2. The van der Waals surface area contributed by atoms with Crippen molar-refractivity contribution in [2.24, 2.45) is 29.1 Å². The van der Waals surface area contributed by atoms with Gasteiger partial charge in [-0.1, -0.05) is 31.4 Å². The van der Waals surface area contributed by atoms with Gasteiger partial charge in [0.05, 0.1) is 11.8 Å². The van der Waals surface area contributed by atoms with E-state index in [9.17, 15) is 9.59 Å². The molecule has 0 N–H and O–H groups in total. The van der Waals surface area contributed by atoms with Gasteiger partial charge in [0.2, 0.25) is 11.8 Å². The fourth-order valence-electron chi connectivity index (χ4n) is 5.80. The van der Waals surface area contributed by atoms with Gasteiger partial charge in [0.1, 0.15) is 0 Å². The van der Waals surface area contributed by atoms with E-state index in [-0.39, 0.29) is 29.7 Å². The highest BCUT2D eigenvalue weighted by Crippen LogP contribution is 2.73. The Labute approximate surface area is 119 Å². The van der Waals surface area contributed by atoms with Gasteiger partial charge in [-0.25, -0.2) is 0 Å². The van der Waals surface area contributed by atoms with Crippen molar-refractivity contribution in [1.29, 1.82) is 0 Å². The van der Waals surface area contributed by atoms with Crippen LogP contribution in [0.2, 0.25) is 0 Å². The number of fused-ring (bicyclic) bond motifs is 3. The molecule has 1 aliphatic heterocycles. The molecule has 2 bridgehead atoms. The van der Waals surface area contributed by atoms with Crippen molar-refractivity contribution in [2.75, 3.05) is 0 Å². The first kappa shape index (κ1) is 11.5. The quantitative estimate of drug-likeness (QED) is 0.543. The Kier molecular flexibility index (Phi) is 2.05. The molecule has 1 saturated heterocycles. The fraction of sp³-hybridized carbons (Fsp3) is 0.765. The van der Waals surface area contributed by atoms with E-state index in [1.54, 1.807) is 4.90 Å². The van der Waals surface area contributed by atoms with E-state index in [1.165, 1.54) is 32.1 Å². The van der Waals surface area contributed by atoms with E-state index in [2.05, 4.69) is 12.2 Å². The Morgan fingerprint density at radius 2 is 1.45 bits per heavy atom. The Balaban J connectivity index is 1.50. The normalized spacial score (nSPS) is 44.7. The van der Waals surface area contributed by atoms with Crippen LogP contribution in [0.4, 0.5) is 0 Å². The molecule has 2 amide bonds. The molecule has 106 valence electrons. The standard InChI is InChI=1S/C17H21NO2/c19-15-13-11-6-7-12(17(11)8-9-17)14(13)16(20)18(15)10-4-2-1-3-5-10/h6-7,10-14H,1-5,8-9H2/t11-,12+,13-,14+. The maximum absolute atomic E-state index is 12.9. The Bertz CT molecular complexity index is 493. The molecule has 5 rings (SSSR count). The Morgan fingerprint density at radius 1 is 0.900 bits per heavy atom. The summed E-state index contributed by atoms with van der Waals surface area (Å²) >= 11 is 0. The van der Waals surface area contributed by atoms with Crippen LogP contribution in [-0.4, -0.2) is 22.8 Å². The number of amides is 2. The molecular weight excluding hydrogens is 250 g/mol. The monoisotopic (exact) mass is 271 g/mol. The number of carbonyl (C=O) groups is 2. The van der Waals surface area contributed by atoms with Gasteiger partial charge in [-0.2, -0.15) is 0 Å². The van der Waals surface area contributed by atoms with Crippen molar-refractivity contribution in [3.63, 3.8) is 0 Å². The first-order valence-corrected chi connectivity index (χ1v) is 8.29. The molecule has 4 aliphatic carbocycles. The van der Waals surface area contributed by atoms with E-state index in [1.807, 2.05) is 0 Å². The number of hydrogen-bond acceptors (Lipinski definition) is 2. The predicted octanol–water partition coefficient (Wildman–Crippen LogP) is 2.52. The summed E-state index contributed by atoms with van der Waals surface area (Å²) in [6, 6.07) is 0.212. The molecule has 0 radical (unpaired) electrons. The van der Waals surface area contributed by atoms with Crippen molar-refractivity contribution < 1.29 is 9.59 Å². The lowest BCUT2D eigenvalue weighted by Crippen LogP contribution is -2.43. The maximum atomic E-state index is 12.9. The highest BCUT2D eigenvalue weighted by Gasteiger charge is 2.73. The second kappa shape index (κ2) is 3.55. The van der Waals surface area contributed by atoms with Crippen molar-refractivity contribution >= 4 is 11.8 Å². The van der Waals surface area contributed by atoms with Crippen LogP contribution in [0.15, 0.2) is 12.2 Å². The van der Waals surface area contributed by atoms with Crippen LogP contribution in [0.1, 0.15) is 44.9 Å². The number of hydrogen-bond donors (Lipinski definition) is 0. The van der Waals surface area contributed by atoms with Gasteiger partial charge in [-0.3, -0.25) is 14.5 Å². The lowest BCUT2D eigenvalue weighted by molar-refractivity contribution is -0.144. The van der Waals surface area contributed by atoms with Gasteiger partial charge in [0.25, 0.3) is 0 Å². The SMILES string of the molecule is O=C1[C@@H]2[C@H](C(=O)N1C1CCCCC1)[C@H]1C=C[C@@H]2C12CC2. The Morgan fingerprint density at radius 3 is 1.95 bits per heavy atom. The molecule has 4 atom stereocenters. The summed E-state index contributed by atoms with van der Waals surface area (Å²) in [5, 5.41) is 0. The number of carbonyl (C=O) groups excluding carboxylic acids is 2.